The van der Waals surface area contributed by atoms with Gasteiger partial charge in [0, 0.05) is 5.56 Å². The molecule has 2 rings (SSSR count). The summed E-state index contributed by atoms with van der Waals surface area (Å²) in [5, 5.41) is 10.4. The van der Waals surface area contributed by atoms with Gasteiger partial charge in [-0.1, -0.05) is 19.1 Å². The van der Waals surface area contributed by atoms with Crippen molar-refractivity contribution in [3.05, 3.63) is 30.0 Å². The average molecular weight is 289 g/mol. The van der Waals surface area contributed by atoms with Crippen molar-refractivity contribution in [2.45, 2.75) is 33.3 Å². The van der Waals surface area contributed by atoms with Gasteiger partial charge in [-0.3, -0.25) is 0 Å². The number of hydrogen-bond donors (Lipinski definition) is 1. The molecule has 2 aromatic rings. The first-order valence-corrected chi connectivity index (χ1v) is 7.01. The molecule has 0 spiro atoms. The largest absolute Gasteiger partial charge is 0.490 e. The molecule has 1 unspecified atom stereocenters. The minimum atomic E-state index is -0.500. The van der Waals surface area contributed by atoms with Crippen LogP contribution in [0.2, 0.25) is 0 Å². The first-order chi connectivity index (χ1) is 10.2. The van der Waals surface area contributed by atoms with Gasteiger partial charge in [-0.05, 0) is 32.4 Å². The first kappa shape index (κ1) is 15.0. The van der Waals surface area contributed by atoms with Crippen molar-refractivity contribution in [2.75, 3.05) is 6.61 Å². The van der Waals surface area contributed by atoms with Crippen LogP contribution >= 0.6 is 0 Å². The summed E-state index contributed by atoms with van der Waals surface area (Å²) in [7, 11) is 0. The molecule has 21 heavy (non-hydrogen) atoms. The maximum Gasteiger partial charge on any atom is 0.361 e. The van der Waals surface area contributed by atoms with Crippen LogP contribution in [0, 0.1) is 0 Å². The number of nitrogens with one attached hydrogen (secondary N) is 1. The van der Waals surface area contributed by atoms with Crippen molar-refractivity contribution >= 4 is 5.97 Å². The van der Waals surface area contributed by atoms with Crippen molar-refractivity contribution in [1.82, 2.24) is 15.4 Å². The topological polar surface area (TPSA) is 77.1 Å². The predicted molar refractivity (Wildman–Crippen MR) is 78.2 cm³/mol. The zero-order valence-corrected chi connectivity index (χ0v) is 12.4. The highest BCUT2D eigenvalue weighted by Crippen LogP contribution is 2.31. The van der Waals surface area contributed by atoms with Crippen LogP contribution in [0.25, 0.3) is 11.3 Å². The number of carbonyl (C=O) groups excluding carboxylic acids is 1. The normalized spacial score (nSPS) is 12.0. The molecule has 6 nitrogen and oxygen atoms in total. The number of aromatic nitrogens is 3. The maximum atomic E-state index is 11.9. The molecule has 1 atom stereocenters. The van der Waals surface area contributed by atoms with Gasteiger partial charge >= 0.3 is 5.97 Å². The molecule has 0 aliphatic heterocycles. The Morgan fingerprint density at radius 3 is 2.76 bits per heavy atom. The fraction of sp³-hybridized carbons (Fsp3) is 0.400. The van der Waals surface area contributed by atoms with Gasteiger partial charge in [0.05, 0.1) is 12.7 Å². The Kier molecular flexibility index (Phi) is 4.92. The van der Waals surface area contributed by atoms with E-state index in [0.717, 1.165) is 12.0 Å². The van der Waals surface area contributed by atoms with Crippen molar-refractivity contribution in [3.63, 3.8) is 0 Å². The molecule has 1 N–H and O–H groups in total. The fourth-order valence-electron chi connectivity index (χ4n) is 1.83. The maximum absolute atomic E-state index is 11.9. The van der Waals surface area contributed by atoms with Crippen LogP contribution in [-0.2, 0) is 4.74 Å². The molecule has 0 radical (unpaired) electrons. The third-order valence-electron chi connectivity index (χ3n) is 3.06. The average Bonchev–Trinajstić information content (AvgIpc) is 2.97. The molecule has 0 fully saturated rings. The molecule has 0 aliphatic rings. The van der Waals surface area contributed by atoms with E-state index in [2.05, 4.69) is 15.4 Å². The number of hydrogen-bond acceptors (Lipinski definition) is 5. The van der Waals surface area contributed by atoms with Gasteiger partial charge in [-0.25, -0.2) is 4.79 Å². The molecule has 0 saturated heterocycles. The summed E-state index contributed by atoms with van der Waals surface area (Å²) >= 11 is 0. The van der Waals surface area contributed by atoms with E-state index in [0.29, 0.717) is 11.4 Å². The molecule has 0 amide bonds. The lowest BCUT2D eigenvalue weighted by molar-refractivity contribution is 0.0520. The summed E-state index contributed by atoms with van der Waals surface area (Å²) in [5.74, 6) is 0.172. The SMILES string of the molecule is CCOC(=O)c1n[nH]nc1-c1ccccc1OC(C)CC. The number of benzene rings is 1. The summed E-state index contributed by atoms with van der Waals surface area (Å²) in [4.78, 5) is 11.9. The summed E-state index contributed by atoms with van der Waals surface area (Å²) in [6, 6.07) is 7.44. The Morgan fingerprint density at radius 2 is 2.05 bits per heavy atom. The Balaban J connectivity index is 2.39. The summed E-state index contributed by atoms with van der Waals surface area (Å²) in [5.41, 5.74) is 1.32. The fourth-order valence-corrected chi connectivity index (χ4v) is 1.83. The molecule has 112 valence electrons. The molecule has 0 saturated carbocycles. The molecule has 0 bridgehead atoms. The van der Waals surface area contributed by atoms with E-state index in [1.54, 1.807) is 6.92 Å². The van der Waals surface area contributed by atoms with Crippen molar-refractivity contribution in [3.8, 4) is 17.0 Å². The van der Waals surface area contributed by atoms with Gasteiger partial charge in [0.1, 0.15) is 11.4 Å². The second-order valence-corrected chi connectivity index (χ2v) is 4.57. The molecule has 1 aromatic carbocycles. The standard InChI is InChI=1S/C15H19N3O3/c1-4-10(3)21-12-9-7-6-8-11(12)13-14(17-18-16-13)15(19)20-5-2/h6-10H,4-5H2,1-3H3,(H,16,17,18). The second-order valence-electron chi connectivity index (χ2n) is 4.57. The lowest BCUT2D eigenvalue weighted by Gasteiger charge is -2.15. The number of nitrogens with zero attached hydrogens (tertiary/aromatic N) is 2. The molecule has 0 aliphatic carbocycles. The third kappa shape index (κ3) is 3.39. The zero-order valence-electron chi connectivity index (χ0n) is 12.4. The number of H-pyrrole nitrogens is 1. The molecular weight excluding hydrogens is 270 g/mol. The van der Waals surface area contributed by atoms with Crippen LogP contribution in [-0.4, -0.2) is 34.1 Å². The number of carbonyl (C=O) groups is 1. The van der Waals surface area contributed by atoms with Gasteiger partial charge in [0.2, 0.25) is 0 Å². The van der Waals surface area contributed by atoms with Crippen molar-refractivity contribution in [2.24, 2.45) is 0 Å². The quantitative estimate of drug-likeness (QED) is 0.827. The highest BCUT2D eigenvalue weighted by atomic mass is 16.5. The zero-order chi connectivity index (χ0) is 15.2. The number of ether oxygens (including phenoxy) is 2. The van der Waals surface area contributed by atoms with E-state index >= 15 is 0 Å². The Morgan fingerprint density at radius 1 is 1.29 bits per heavy atom. The van der Waals surface area contributed by atoms with Crippen LogP contribution < -0.4 is 4.74 Å². The van der Waals surface area contributed by atoms with E-state index in [1.807, 2.05) is 38.1 Å². The molecule has 1 aromatic heterocycles. The Labute approximate surface area is 123 Å². The van der Waals surface area contributed by atoms with E-state index in [1.165, 1.54) is 0 Å². The van der Waals surface area contributed by atoms with Gasteiger partial charge in [0.15, 0.2) is 5.69 Å². The van der Waals surface area contributed by atoms with Gasteiger partial charge in [0.25, 0.3) is 0 Å². The monoisotopic (exact) mass is 289 g/mol. The Hall–Kier alpha value is -2.37. The molecule has 1 heterocycles. The highest BCUT2D eigenvalue weighted by molar-refractivity contribution is 5.94. The lowest BCUT2D eigenvalue weighted by atomic mass is 10.1. The number of para-hydroxylation sites is 1. The van der Waals surface area contributed by atoms with Crippen LogP contribution in [0.4, 0.5) is 0 Å². The van der Waals surface area contributed by atoms with Gasteiger partial charge < -0.3 is 9.47 Å². The van der Waals surface area contributed by atoms with Crippen LogP contribution in [0.5, 0.6) is 5.75 Å². The van der Waals surface area contributed by atoms with Crippen molar-refractivity contribution in [1.29, 1.82) is 0 Å². The molecular formula is C15H19N3O3. The highest BCUT2D eigenvalue weighted by Gasteiger charge is 2.21. The predicted octanol–water partition coefficient (Wildman–Crippen LogP) is 2.83. The van der Waals surface area contributed by atoms with Gasteiger partial charge in [-0.2, -0.15) is 10.3 Å². The smallest absolute Gasteiger partial charge is 0.361 e. The van der Waals surface area contributed by atoms with Crippen molar-refractivity contribution < 1.29 is 14.3 Å². The van der Waals surface area contributed by atoms with Crippen LogP contribution in [0.3, 0.4) is 0 Å². The lowest BCUT2D eigenvalue weighted by Crippen LogP contribution is -2.11. The summed E-state index contributed by atoms with van der Waals surface area (Å²) < 4.78 is 10.9. The summed E-state index contributed by atoms with van der Waals surface area (Å²) in [6.45, 7) is 6.08. The number of esters is 1. The van der Waals surface area contributed by atoms with E-state index < -0.39 is 5.97 Å². The van der Waals surface area contributed by atoms with Crippen LogP contribution in [0.15, 0.2) is 24.3 Å². The summed E-state index contributed by atoms with van der Waals surface area (Å²) in [6.07, 6.45) is 0.960. The van der Waals surface area contributed by atoms with Gasteiger partial charge in [-0.15, -0.1) is 5.10 Å². The van der Waals surface area contributed by atoms with E-state index in [9.17, 15) is 4.79 Å². The minimum Gasteiger partial charge on any atom is -0.490 e. The first-order valence-electron chi connectivity index (χ1n) is 7.01. The Bertz CT molecular complexity index is 610. The number of aromatic amines is 1. The van der Waals surface area contributed by atoms with Crippen LogP contribution in [0.1, 0.15) is 37.7 Å². The second kappa shape index (κ2) is 6.88. The third-order valence-corrected chi connectivity index (χ3v) is 3.06. The minimum absolute atomic E-state index is 0.0732. The molecule has 6 heteroatoms. The van der Waals surface area contributed by atoms with E-state index in [4.69, 9.17) is 9.47 Å². The number of rotatable bonds is 6. The van der Waals surface area contributed by atoms with E-state index in [-0.39, 0.29) is 18.4 Å².